The van der Waals surface area contributed by atoms with Gasteiger partial charge in [-0.1, -0.05) is 12.1 Å². The fourth-order valence-electron chi connectivity index (χ4n) is 2.82. The molecule has 23 heavy (non-hydrogen) atoms. The monoisotopic (exact) mass is 320 g/mol. The van der Waals surface area contributed by atoms with Crippen molar-refractivity contribution in [3.63, 3.8) is 0 Å². The first-order valence-electron chi connectivity index (χ1n) is 7.82. The highest BCUT2D eigenvalue weighted by molar-refractivity contribution is 5.18. The molecule has 2 atom stereocenters. The average molecular weight is 320 g/mol. The number of benzene rings is 1. The van der Waals surface area contributed by atoms with Crippen molar-refractivity contribution in [2.45, 2.75) is 25.7 Å². The topological polar surface area (TPSA) is 63.4 Å². The smallest absolute Gasteiger partial charge is 0.163 e. The highest BCUT2D eigenvalue weighted by atomic mass is 19.1. The second kappa shape index (κ2) is 7.16. The van der Waals surface area contributed by atoms with Crippen LogP contribution in [0.15, 0.2) is 30.6 Å². The van der Waals surface area contributed by atoms with Gasteiger partial charge in [-0.3, -0.25) is 4.90 Å². The summed E-state index contributed by atoms with van der Waals surface area (Å²) in [6.45, 7) is 5.28. The van der Waals surface area contributed by atoms with Crippen LogP contribution in [0, 0.1) is 5.82 Å². The van der Waals surface area contributed by atoms with Gasteiger partial charge in [0.25, 0.3) is 0 Å². The van der Waals surface area contributed by atoms with Gasteiger partial charge in [0.2, 0.25) is 0 Å². The molecule has 6 nitrogen and oxygen atoms in total. The molecule has 1 saturated heterocycles. The van der Waals surface area contributed by atoms with E-state index in [0.29, 0.717) is 25.3 Å². The highest BCUT2D eigenvalue weighted by Gasteiger charge is 2.27. The van der Waals surface area contributed by atoms with Crippen LogP contribution >= 0.6 is 0 Å². The molecule has 2 heterocycles. The van der Waals surface area contributed by atoms with Crippen LogP contribution in [0.25, 0.3) is 0 Å². The summed E-state index contributed by atoms with van der Waals surface area (Å²) in [5, 5.41) is 18.4. The molecule has 1 N–H and O–H groups in total. The van der Waals surface area contributed by atoms with Gasteiger partial charge in [-0.15, -0.1) is 10.2 Å². The van der Waals surface area contributed by atoms with Crippen molar-refractivity contribution in [1.82, 2.24) is 19.7 Å². The molecule has 0 radical (unpaired) electrons. The van der Waals surface area contributed by atoms with Crippen molar-refractivity contribution < 1.29 is 14.2 Å². The van der Waals surface area contributed by atoms with Gasteiger partial charge in [-0.05, 0) is 24.6 Å². The first-order valence-corrected chi connectivity index (χ1v) is 7.82. The summed E-state index contributed by atoms with van der Waals surface area (Å²) in [4.78, 5) is 2.14. The summed E-state index contributed by atoms with van der Waals surface area (Å²) >= 11 is 0. The van der Waals surface area contributed by atoms with E-state index in [-0.39, 0.29) is 11.9 Å². The molecule has 0 saturated carbocycles. The van der Waals surface area contributed by atoms with Crippen LogP contribution in [0.5, 0.6) is 0 Å². The van der Waals surface area contributed by atoms with Gasteiger partial charge in [-0.25, -0.2) is 4.39 Å². The van der Waals surface area contributed by atoms with Crippen LogP contribution in [0.4, 0.5) is 4.39 Å². The number of rotatable bonds is 5. The first-order chi connectivity index (χ1) is 11.2. The number of hydrogen-bond acceptors (Lipinski definition) is 5. The van der Waals surface area contributed by atoms with E-state index in [0.717, 1.165) is 18.9 Å². The second-order valence-corrected chi connectivity index (χ2v) is 5.66. The van der Waals surface area contributed by atoms with E-state index >= 15 is 0 Å². The number of nitrogens with zero attached hydrogens (tertiary/aromatic N) is 4. The summed E-state index contributed by atoms with van der Waals surface area (Å²) in [5.41, 5.74) is 0.714. The van der Waals surface area contributed by atoms with Gasteiger partial charge in [0, 0.05) is 26.2 Å². The Labute approximate surface area is 134 Å². The lowest BCUT2D eigenvalue weighted by molar-refractivity contribution is -0.0476. The number of aliphatic hydroxyl groups is 1. The molecular weight excluding hydrogens is 299 g/mol. The van der Waals surface area contributed by atoms with E-state index in [2.05, 4.69) is 15.1 Å². The maximum absolute atomic E-state index is 13.0. The van der Waals surface area contributed by atoms with E-state index in [1.807, 2.05) is 11.5 Å². The maximum atomic E-state index is 13.0. The molecule has 7 heteroatoms. The minimum absolute atomic E-state index is 0.147. The van der Waals surface area contributed by atoms with Crippen LogP contribution in [-0.2, 0) is 11.3 Å². The molecule has 124 valence electrons. The van der Waals surface area contributed by atoms with Crippen molar-refractivity contribution in [2.24, 2.45) is 0 Å². The Morgan fingerprint density at radius 1 is 1.39 bits per heavy atom. The largest absolute Gasteiger partial charge is 0.387 e. The van der Waals surface area contributed by atoms with Gasteiger partial charge in [0.05, 0.1) is 12.7 Å². The third kappa shape index (κ3) is 3.74. The van der Waals surface area contributed by atoms with Crippen molar-refractivity contribution in [1.29, 1.82) is 0 Å². The molecule has 0 amide bonds. The standard InChI is InChI=1S/C16H21FN4O2/c1-2-21-11-18-19-16(21)15-10-20(7-8-23-15)9-14(22)12-3-5-13(17)6-4-12/h3-6,11,14-15,22H,2,7-10H2,1H3/t14-,15+/m0/s1. The van der Waals surface area contributed by atoms with E-state index in [1.54, 1.807) is 18.5 Å². The lowest BCUT2D eigenvalue weighted by atomic mass is 10.1. The zero-order chi connectivity index (χ0) is 16.2. The van der Waals surface area contributed by atoms with Crippen LogP contribution in [0.1, 0.15) is 30.5 Å². The number of β-amino-alcohol motifs (C(OH)–C–C–N with tert-alkyl or cyclic N) is 1. The van der Waals surface area contributed by atoms with Gasteiger partial charge in [0.15, 0.2) is 5.82 Å². The predicted octanol–water partition coefficient (Wildman–Crippen LogP) is 1.54. The molecule has 1 aliphatic rings. The molecule has 1 aromatic heterocycles. The van der Waals surface area contributed by atoms with Gasteiger partial charge >= 0.3 is 0 Å². The van der Waals surface area contributed by atoms with Crippen molar-refractivity contribution in [3.05, 3.63) is 47.8 Å². The summed E-state index contributed by atoms with van der Waals surface area (Å²) in [7, 11) is 0. The first kappa shape index (κ1) is 16.0. The quantitative estimate of drug-likeness (QED) is 0.905. The lowest BCUT2D eigenvalue weighted by Gasteiger charge is -2.33. The fourth-order valence-corrected chi connectivity index (χ4v) is 2.82. The minimum Gasteiger partial charge on any atom is -0.387 e. The Morgan fingerprint density at radius 3 is 2.91 bits per heavy atom. The second-order valence-electron chi connectivity index (χ2n) is 5.66. The number of aromatic nitrogens is 3. The number of aryl methyl sites for hydroxylation is 1. The SMILES string of the molecule is CCn1cnnc1[C@H]1CN(C[C@H](O)c2ccc(F)cc2)CCO1. The average Bonchev–Trinajstić information content (AvgIpc) is 3.04. The normalized spacial score (nSPS) is 20.6. The van der Waals surface area contributed by atoms with Gasteiger partial charge < -0.3 is 14.4 Å². The Balaban J connectivity index is 1.63. The Morgan fingerprint density at radius 2 is 2.17 bits per heavy atom. The molecule has 1 fully saturated rings. The van der Waals surface area contributed by atoms with Crippen LogP contribution in [0.2, 0.25) is 0 Å². The molecule has 0 bridgehead atoms. The Hall–Kier alpha value is -1.83. The zero-order valence-corrected chi connectivity index (χ0v) is 13.1. The summed E-state index contributed by atoms with van der Waals surface area (Å²) in [5.74, 6) is 0.514. The Kier molecular flexibility index (Phi) is 5.00. The minimum atomic E-state index is -0.654. The lowest BCUT2D eigenvalue weighted by Crippen LogP contribution is -2.41. The third-order valence-electron chi connectivity index (χ3n) is 4.11. The molecule has 1 aliphatic heterocycles. The van der Waals surface area contributed by atoms with Crippen LogP contribution in [-0.4, -0.2) is 51.0 Å². The molecule has 0 aliphatic carbocycles. The van der Waals surface area contributed by atoms with E-state index < -0.39 is 6.10 Å². The maximum Gasteiger partial charge on any atom is 0.163 e. The number of halogens is 1. The van der Waals surface area contributed by atoms with E-state index in [1.165, 1.54) is 12.1 Å². The van der Waals surface area contributed by atoms with Crippen molar-refractivity contribution in [3.8, 4) is 0 Å². The number of ether oxygens (including phenoxy) is 1. The molecule has 0 unspecified atom stereocenters. The molecule has 2 aromatic rings. The molecule has 3 rings (SSSR count). The number of morpholine rings is 1. The molecule has 1 aromatic carbocycles. The Bertz CT molecular complexity index is 631. The van der Waals surface area contributed by atoms with E-state index in [4.69, 9.17) is 4.74 Å². The summed E-state index contributed by atoms with van der Waals surface area (Å²) < 4.78 is 20.7. The number of hydrogen-bond donors (Lipinski definition) is 1. The van der Waals surface area contributed by atoms with Crippen molar-refractivity contribution >= 4 is 0 Å². The van der Waals surface area contributed by atoms with Crippen LogP contribution in [0.3, 0.4) is 0 Å². The van der Waals surface area contributed by atoms with Gasteiger partial charge in [-0.2, -0.15) is 0 Å². The van der Waals surface area contributed by atoms with Gasteiger partial charge in [0.1, 0.15) is 18.2 Å². The number of aliphatic hydroxyl groups excluding tert-OH is 1. The molecule has 0 spiro atoms. The predicted molar refractivity (Wildman–Crippen MR) is 82.2 cm³/mol. The summed E-state index contributed by atoms with van der Waals surface area (Å²) in [6, 6.07) is 5.96. The fraction of sp³-hybridized carbons (Fsp3) is 0.500. The molecular formula is C16H21FN4O2. The third-order valence-corrected chi connectivity index (χ3v) is 4.11. The van der Waals surface area contributed by atoms with Crippen LogP contribution < -0.4 is 0 Å². The van der Waals surface area contributed by atoms with Crippen molar-refractivity contribution in [2.75, 3.05) is 26.2 Å². The van der Waals surface area contributed by atoms with E-state index in [9.17, 15) is 9.50 Å². The summed E-state index contributed by atoms with van der Waals surface area (Å²) in [6.07, 6.45) is 0.898. The highest BCUT2D eigenvalue weighted by Crippen LogP contribution is 2.23. The zero-order valence-electron chi connectivity index (χ0n) is 13.1.